The van der Waals surface area contributed by atoms with Crippen LogP contribution in [0.25, 0.3) is 0 Å². The maximum absolute atomic E-state index is 13.3. The summed E-state index contributed by atoms with van der Waals surface area (Å²) in [4.78, 5) is 27.5. The minimum atomic E-state index is -4.00. The number of primary sulfonamides is 1. The molecule has 0 saturated heterocycles. The Bertz CT molecular complexity index is 1260. The topological polar surface area (TPSA) is 110 Å². The number of rotatable bonds is 4. The first kappa shape index (κ1) is 20.7. The predicted molar refractivity (Wildman–Crippen MR) is 113 cm³/mol. The lowest BCUT2D eigenvalue weighted by Crippen LogP contribution is -2.45. The molecule has 4 rings (SSSR count). The van der Waals surface area contributed by atoms with E-state index in [0.717, 1.165) is 0 Å². The van der Waals surface area contributed by atoms with Crippen molar-refractivity contribution in [2.45, 2.75) is 17.4 Å². The van der Waals surface area contributed by atoms with E-state index in [9.17, 15) is 22.4 Å². The highest BCUT2D eigenvalue weighted by Crippen LogP contribution is 2.39. The van der Waals surface area contributed by atoms with E-state index in [2.05, 4.69) is 5.32 Å². The van der Waals surface area contributed by atoms with Crippen LogP contribution >= 0.6 is 0 Å². The van der Waals surface area contributed by atoms with Gasteiger partial charge in [0.05, 0.1) is 22.7 Å². The largest absolute Gasteiger partial charge is 0.322 e. The van der Waals surface area contributed by atoms with Crippen molar-refractivity contribution >= 4 is 33.2 Å². The second kappa shape index (κ2) is 7.93. The Morgan fingerprint density at radius 3 is 2.35 bits per heavy atom. The predicted octanol–water partition coefficient (Wildman–Crippen LogP) is 2.74. The summed E-state index contributed by atoms with van der Waals surface area (Å²) in [7, 11) is -4.00. The monoisotopic (exact) mass is 439 g/mol. The molecular weight excluding hydrogens is 421 g/mol. The maximum Gasteiger partial charge on any atom is 0.252 e. The van der Waals surface area contributed by atoms with Crippen LogP contribution in [0.5, 0.6) is 0 Å². The molecule has 3 aromatic carbocycles. The first-order chi connectivity index (χ1) is 14.7. The Morgan fingerprint density at radius 1 is 1.03 bits per heavy atom. The maximum atomic E-state index is 13.3. The van der Waals surface area contributed by atoms with E-state index < -0.39 is 33.7 Å². The first-order valence-electron chi connectivity index (χ1n) is 9.33. The van der Waals surface area contributed by atoms with Crippen molar-refractivity contribution in [1.82, 2.24) is 0 Å². The highest BCUT2D eigenvalue weighted by Gasteiger charge is 2.38. The molecule has 0 radical (unpaired) electrons. The van der Waals surface area contributed by atoms with Crippen LogP contribution in [0.1, 0.15) is 17.2 Å². The zero-order chi connectivity index (χ0) is 22.2. The number of anilines is 2. The van der Waals surface area contributed by atoms with E-state index in [1.807, 2.05) is 0 Å². The smallest absolute Gasteiger partial charge is 0.252 e. The molecule has 1 aliphatic heterocycles. The average Bonchev–Trinajstić information content (AvgIpc) is 2.74. The summed E-state index contributed by atoms with van der Waals surface area (Å²) in [5.74, 6) is -1.31. The third-order valence-electron chi connectivity index (χ3n) is 4.97. The summed E-state index contributed by atoms with van der Waals surface area (Å²) in [5.41, 5.74) is 1.67. The van der Waals surface area contributed by atoms with E-state index in [1.54, 1.807) is 30.3 Å². The fourth-order valence-electron chi connectivity index (χ4n) is 3.54. The lowest BCUT2D eigenvalue weighted by molar-refractivity contribution is -0.123. The number of nitrogens with one attached hydrogen (secondary N) is 1. The van der Waals surface area contributed by atoms with Gasteiger partial charge in [0.15, 0.2) is 0 Å². The van der Waals surface area contributed by atoms with Crippen molar-refractivity contribution in [3.05, 3.63) is 89.7 Å². The Labute approximate surface area is 178 Å². The summed E-state index contributed by atoms with van der Waals surface area (Å²) in [5, 5.41) is 7.87. The highest BCUT2D eigenvalue weighted by molar-refractivity contribution is 7.89. The molecule has 1 unspecified atom stereocenters. The van der Waals surface area contributed by atoms with Gasteiger partial charge in [0.2, 0.25) is 15.9 Å². The molecule has 2 amide bonds. The van der Waals surface area contributed by atoms with Crippen molar-refractivity contribution in [2.24, 2.45) is 5.14 Å². The van der Waals surface area contributed by atoms with Crippen molar-refractivity contribution < 1.29 is 22.4 Å². The Hall–Kier alpha value is -3.56. The van der Waals surface area contributed by atoms with Gasteiger partial charge in [-0.15, -0.1) is 0 Å². The zero-order valence-corrected chi connectivity index (χ0v) is 17.0. The molecule has 1 heterocycles. The van der Waals surface area contributed by atoms with Gasteiger partial charge in [0.25, 0.3) is 5.91 Å². The number of nitrogens with zero attached hydrogens (tertiary/aromatic N) is 1. The molecule has 9 heteroatoms. The van der Waals surface area contributed by atoms with Crippen LogP contribution in [0.2, 0.25) is 0 Å². The molecular formula is C22H18FN3O4S. The van der Waals surface area contributed by atoms with Crippen molar-refractivity contribution in [1.29, 1.82) is 0 Å². The van der Waals surface area contributed by atoms with Gasteiger partial charge in [0.1, 0.15) is 11.9 Å². The summed E-state index contributed by atoms with van der Waals surface area (Å²) < 4.78 is 36.7. The summed E-state index contributed by atoms with van der Waals surface area (Å²) in [6.07, 6.45) is -0.0761. The second-order valence-electron chi connectivity index (χ2n) is 7.09. The fourth-order valence-corrected chi connectivity index (χ4v) is 4.08. The molecule has 1 atom stereocenters. The van der Waals surface area contributed by atoms with Crippen LogP contribution in [-0.4, -0.2) is 20.2 Å². The molecule has 1 aliphatic rings. The van der Waals surface area contributed by atoms with Gasteiger partial charge in [-0.1, -0.05) is 42.5 Å². The Kier molecular flexibility index (Phi) is 5.30. The van der Waals surface area contributed by atoms with Gasteiger partial charge < -0.3 is 5.32 Å². The number of hydrogen-bond donors (Lipinski definition) is 2. The molecule has 0 aromatic heterocycles. The average molecular weight is 439 g/mol. The molecule has 3 N–H and O–H groups in total. The number of amides is 2. The Morgan fingerprint density at radius 2 is 1.71 bits per heavy atom. The molecule has 31 heavy (non-hydrogen) atoms. The van der Waals surface area contributed by atoms with Crippen LogP contribution in [0, 0.1) is 5.82 Å². The molecule has 0 spiro atoms. The number of carbonyl (C=O) groups excluding carboxylic acids is 2. The van der Waals surface area contributed by atoms with Gasteiger partial charge in [-0.05, 0) is 41.5 Å². The standard InChI is InChI=1S/C22H18FN3O4S/c23-16-8-6-14(7-9-16)12-20(27)26-19-11-10-17(31(24,29)30)13-18(19)25-22(28)21(26)15-4-2-1-3-5-15/h1-11,13,21H,12H2,(H,25,28)(H2,24,29,30). The molecule has 0 saturated carbocycles. The number of halogens is 1. The van der Waals surface area contributed by atoms with E-state index in [4.69, 9.17) is 5.14 Å². The van der Waals surface area contributed by atoms with Gasteiger partial charge in [0, 0.05) is 0 Å². The number of hydrogen-bond acceptors (Lipinski definition) is 4. The fraction of sp³-hybridized carbons (Fsp3) is 0.0909. The summed E-state index contributed by atoms with van der Waals surface area (Å²) >= 11 is 0. The third-order valence-corrected chi connectivity index (χ3v) is 5.88. The quantitative estimate of drug-likeness (QED) is 0.651. The lowest BCUT2D eigenvalue weighted by Gasteiger charge is -2.37. The van der Waals surface area contributed by atoms with E-state index in [0.29, 0.717) is 16.8 Å². The SMILES string of the molecule is NS(=O)(=O)c1ccc2c(c1)NC(=O)C(c1ccccc1)N2C(=O)Cc1ccc(F)cc1. The van der Waals surface area contributed by atoms with Gasteiger partial charge in [-0.2, -0.15) is 0 Å². The number of sulfonamides is 1. The highest BCUT2D eigenvalue weighted by atomic mass is 32.2. The summed E-state index contributed by atoms with van der Waals surface area (Å²) in [6, 6.07) is 17.3. The second-order valence-corrected chi connectivity index (χ2v) is 8.65. The van der Waals surface area contributed by atoms with Gasteiger partial charge >= 0.3 is 0 Å². The third kappa shape index (κ3) is 4.18. The normalized spacial score (nSPS) is 15.9. The number of benzene rings is 3. The van der Waals surface area contributed by atoms with E-state index >= 15 is 0 Å². The van der Waals surface area contributed by atoms with Gasteiger partial charge in [-0.25, -0.2) is 17.9 Å². The minimum absolute atomic E-state index is 0.0761. The molecule has 7 nitrogen and oxygen atoms in total. The number of nitrogens with two attached hydrogens (primary N) is 1. The Balaban J connectivity index is 1.81. The zero-order valence-electron chi connectivity index (χ0n) is 16.2. The van der Waals surface area contributed by atoms with Crippen molar-refractivity contribution in [2.75, 3.05) is 10.2 Å². The van der Waals surface area contributed by atoms with Crippen molar-refractivity contribution in [3.8, 4) is 0 Å². The molecule has 0 aliphatic carbocycles. The summed E-state index contributed by atoms with van der Waals surface area (Å²) in [6.45, 7) is 0. The van der Waals surface area contributed by atoms with E-state index in [-0.39, 0.29) is 17.0 Å². The molecule has 158 valence electrons. The minimum Gasteiger partial charge on any atom is -0.322 e. The van der Waals surface area contributed by atoms with Crippen LogP contribution in [0.4, 0.5) is 15.8 Å². The lowest BCUT2D eigenvalue weighted by atomic mass is 9.99. The van der Waals surface area contributed by atoms with Crippen LogP contribution in [-0.2, 0) is 26.0 Å². The molecule has 0 fully saturated rings. The first-order valence-corrected chi connectivity index (χ1v) is 10.9. The van der Waals surface area contributed by atoms with E-state index in [1.165, 1.54) is 47.4 Å². The van der Waals surface area contributed by atoms with Crippen LogP contribution in [0.15, 0.2) is 77.7 Å². The molecule has 3 aromatic rings. The van der Waals surface area contributed by atoms with Crippen LogP contribution in [0.3, 0.4) is 0 Å². The van der Waals surface area contributed by atoms with Crippen LogP contribution < -0.4 is 15.4 Å². The molecule has 0 bridgehead atoms. The van der Waals surface area contributed by atoms with Crippen molar-refractivity contribution in [3.63, 3.8) is 0 Å². The van der Waals surface area contributed by atoms with Gasteiger partial charge in [-0.3, -0.25) is 14.5 Å². The number of fused-ring (bicyclic) bond motifs is 1. The number of carbonyl (C=O) groups is 2.